The van der Waals surface area contributed by atoms with Gasteiger partial charge in [0, 0.05) is 28.9 Å². The van der Waals surface area contributed by atoms with Crippen molar-refractivity contribution in [1.82, 2.24) is 14.8 Å². The number of benzene rings is 2. The first kappa shape index (κ1) is 17.7. The van der Waals surface area contributed by atoms with Gasteiger partial charge < -0.3 is 4.74 Å². The molecule has 7 heteroatoms. The van der Waals surface area contributed by atoms with Crippen molar-refractivity contribution < 1.29 is 4.74 Å². The van der Waals surface area contributed by atoms with Crippen molar-refractivity contribution in [3.05, 3.63) is 93.5 Å². The Morgan fingerprint density at radius 1 is 1.14 bits per heavy atom. The zero-order valence-corrected chi connectivity index (χ0v) is 15.3. The molecule has 0 N–H and O–H groups in total. The molecule has 2 aromatic heterocycles. The van der Waals surface area contributed by atoms with Crippen LogP contribution in [0.3, 0.4) is 0 Å². The zero-order valence-electron chi connectivity index (χ0n) is 14.5. The molecule has 0 aliphatic heterocycles. The molecule has 0 atom stereocenters. The molecule has 0 aliphatic rings. The number of hydrogen-bond acceptors (Lipinski definition) is 5. The van der Waals surface area contributed by atoms with E-state index in [1.807, 2.05) is 30.3 Å². The second-order valence-corrected chi connectivity index (χ2v) is 6.46. The highest BCUT2D eigenvalue weighted by atomic mass is 35.5. The Hall–Kier alpha value is -3.69. The van der Waals surface area contributed by atoms with E-state index in [-0.39, 0.29) is 17.7 Å². The van der Waals surface area contributed by atoms with Gasteiger partial charge in [-0.1, -0.05) is 17.7 Å². The summed E-state index contributed by atoms with van der Waals surface area (Å²) in [6.45, 7) is 0.0110. The van der Waals surface area contributed by atoms with Crippen LogP contribution in [0, 0.1) is 11.3 Å². The molecule has 0 unspecified atom stereocenters. The lowest BCUT2D eigenvalue weighted by molar-refractivity contribution is 0.298. The van der Waals surface area contributed by atoms with Gasteiger partial charge in [0.15, 0.2) is 0 Å². The van der Waals surface area contributed by atoms with Gasteiger partial charge in [-0.2, -0.15) is 10.4 Å². The normalized spacial score (nSPS) is 10.6. The van der Waals surface area contributed by atoms with Crippen LogP contribution in [0.5, 0.6) is 5.75 Å². The van der Waals surface area contributed by atoms with Crippen LogP contribution in [0.15, 0.2) is 71.8 Å². The molecule has 0 saturated carbocycles. The standard InChI is InChI=1S/C21H13ClN4O2/c22-16-8-14(12-23)9-17(11-16)26-7-5-21(27)20(25-26)13-28-18-3-4-19-15(10-18)2-1-6-24-19/h1-11H,13H2. The topological polar surface area (TPSA) is 80.8 Å². The van der Waals surface area contributed by atoms with E-state index >= 15 is 0 Å². The van der Waals surface area contributed by atoms with Crippen LogP contribution in [-0.4, -0.2) is 14.8 Å². The van der Waals surface area contributed by atoms with Crippen LogP contribution < -0.4 is 10.2 Å². The number of nitrogens with zero attached hydrogens (tertiary/aromatic N) is 4. The number of rotatable bonds is 4. The van der Waals surface area contributed by atoms with Gasteiger partial charge >= 0.3 is 0 Å². The molecule has 0 bridgehead atoms. The first-order valence-electron chi connectivity index (χ1n) is 8.40. The number of halogens is 1. The van der Waals surface area contributed by atoms with Crippen molar-refractivity contribution in [2.24, 2.45) is 0 Å². The lowest BCUT2D eigenvalue weighted by Crippen LogP contribution is -2.18. The van der Waals surface area contributed by atoms with Crippen molar-refractivity contribution in [3.8, 4) is 17.5 Å². The van der Waals surface area contributed by atoms with Crippen LogP contribution in [0.4, 0.5) is 0 Å². The van der Waals surface area contributed by atoms with Gasteiger partial charge in [0.2, 0.25) is 5.43 Å². The fourth-order valence-electron chi connectivity index (χ4n) is 2.76. The summed E-state index contributed by atoms with van der Waals surface area (Å²) in [4.78, 5) is 16.4. The molecule has 0 radical (unpaired) electrons. The van der Waals surface area contributed by atoms with Gasteiger partial charge in [0.1, 0.15) is 18.1 Å². The third-order valence-electron chi connectivity index (χ3n) is 4.11. The zero-order chi connectivity index (χ0) is 19.5. The first-order chi connectivity index (χ1) is 13.6. The molecule has 2 heterocycles. The number of nitriles is 1. The molecule has 0 saturated heterocycles. The van der Waals surface area contributed by atoms with Crippen molar-refractivity contribution in [1.29, 1.82) is 5.26 Å². The summed E-state index contributed by atoms with van der Waals surface area (Å²) in [6.07, 6.45) is 3.26. The largest absolute Gasteiger partial charge is 0.487 e. The van der Waals surface area contributed by atoms with E-state index in [1.165, 1.54) is 16.9 Å². The van der Waals surface area contributed by atoms with Crippen LogP contribution in [0.2, 0.25) is 5.02 Å². The third kappa shape index (κ3) is 3.70. The van der Waals surface area contributed by atoms with Crippen molar-refractivity contribution >= 4 is 22.5 Å². The molecule has 4 aromatic rings. The Labute approximate surface area is 165 Å². The van der Waals surface area contributed by atoms with Gasteiger partial charge in [-0.25, -0.2) is 4.68 Å². The summed E-state index contributed by atoms with van der Waals surface area (Å²) >= 11 is 6.05. The number of aromatic nitrogens is 3. The van der Waals surface area contributed by atoms with E-state index in [9.17, 15) is 4.79 Å². The van der Waals surface area contributed by atoms with E-state index in [0.29, 0.717) is 22.0 Å². The lowest BCUT2D eigenvalue weighted by atomic mass is 10.2. The van der Waals surface area contributed by atoms with Gasteiger partial charge in [0.05, 0.1) is 22.8 Å². The SMILES string of the molecule is N#Cc1cc(Cl)cc(-n2ccc(=O)c(COc3ccc4ncccc4c3)n2)c1. The van der Waals surface area contributed by atoms with Gasteiger partial charge in [-0.05, 0) is 42.5 Å². The average Bonchev–Trinajstić information content (AvgIpc) is 2.72. The van der Waals surface area contributed by atoms with E-state index in [0.717, 1.165) is 10.9 Å². The molecular weight excluding hydrogens is 376 g/mol. The van der Waals surface area contributed by atoms with Crippen molar-refractivity contribution in [2.75, 3.05) is 0 Å². The summed E-state index contributed by atoms with van der Waals surface area (Å²) in [7, 11) is 0. The summed E-state index contributed by atoms with van der Waals surface area (Å²) in [5.41, 5.74) is 1.87. The molecule has 0 fully saturated rings. The quantitative estimate of drug-likeness (QED) is 0.530. The maximum absolute atomic E-state index is 12.2. The number of fused-ring (bicyclic) bond motifs is 1. The fourth-order valence-corrected chi connectivity index (χ4v) is 2.99. The average molecular weight is 389 g/mol. The molecule has 0 spiro atoms. The minimum absolute atomic E-state index is 0.0110. The van der Waals surface area contributed by atoms with Crippen LogP contribution in [0.1, 0.15) is 11.3 Å². The van der Waals surface area contributed by atoms with Crippen molar-refractivity contribution in [2.45, 2.75) is 6.61 Å². The van der Waals surface area contributed by atoms with Gasteiger partial charge in [-0.3, -0.25) is 9.78 Å². The Kier molecular flexibility index (Phi) is 4.75. The minimum Gasteiger partial charge on any atom is -0.487 e. The van der Waals surface area contributed by atoms with E-state index in [1.54, 1.807) is 30.5 Å². The molecule has 28 heavy (non-hydrogen) atoms. The highest BCUT2D eigenvalue weighted by Crippen LogP contribution is 2.20. The maximum atomic E-state index is 12.2. The minimum atomic E-state index is -0.235. The predicted octanol–water partition coefficient (Wildman–Crippen LogP) is 3.88. The molecule has 136 valence electrons. The Morgan fingerprint density at radius 3 is 2.89 bits per heavy atom. The Bertz CT molecular complexity index is 1280. The predicted molar refractivity (Wildman–Crippen MR) is 106 cm³/mol. The maximum Gasteiger partial charge on any atom is 0.206 e. The summed E-state index contributed by atoms with van der Waals surface area (Å²) in [6, 6.07) is 17.6. The Morgan fingerprint density at radius 2 is 2.04 bits per heavy atom. The molecule has 6 nitrogen and oxygen atoms in total. The fraction of sp³-hybridized carbons (Fsp3) is 0.0476. The number of pyridine rings is 1. The van der Waals surface area contributed by atoms with Crippen LogP contribution in [0.25, 0.3) is 16.6 Å². The second kappa shape index (κ2) is 7.51. The highest BCUT2D eigenvalue weighted by Gasteiger charge is 2.08. The van der Waals surface area contributed by atoms with E-state index < -0.39 is 0 Å². The van der Waals surface area contributed by atoms with Crippen LogP contribution >= 0.6 is 11.6 Å². The van der Waals surface area contributed by atoms with Gasteiger partial charge in [-0.15, -0.1) is 0 Å². The summed E-state index contributed by atoms with van der Waals surface area (Å²) < 4.78 is 7.26. The molecule has 4 rings (SSSR count). The van der Waals surface area contributed by atoms with Gasteiger partial charge in [0.25, 0.3) is 0 Å². The second-order valence-electron chi connectivity index (χ2n) is 6.03. The lowest BCUT2D eigenvalue weighted by Gasteiger charge is -2.10. The van der Waals surface area contributed by atoms with Crippen LogP contribution in [-0.2, 0) is 6.61 Å². The Balaban J connectivity index is 1.61. The van der Waals surface area contributed by atoms with E-state index in [2.05, 4.69) is 10.1 Å². The highest BCUT2D eigenvalue weighted by molar-refractivity contribution is 6.30. The number of ether oxygens (including phenoxy) is 1. The van der Waals surface area contributed by atoms with Crippen molar-refractivity contribution in [3.63, 3.8) is 0 Å². The summed E-state index contributed by atoms with van der Waals surface area (Å²) in [5, 5.41) is 14.8. The first-order valence-corrected chi connectivity index (χ1v) is 8.78. The molecule has 0 amide bonds. The third-order valence-corrected chi connectivity index (χ3v) is 4.32. The van der Waals surface area contributed by atoms with E-state index in [4.69, 9.17) is 21.6 Å². The molecular formula is C21H13ClN4O2. The monoisotopic (exact) mass is 388 g/mol. The summed E-state index contributed by atoms with van der Waals surface area (Å²) in [5.74, 6) is 0.617. The molecule has 2 aromatic carbocycles. The smallest absolute Gasteiger partial charge is 0.206 e. The number of hydrogen-bond donors (Lipinski definition) is 0. The molecule has 0 aliphatic carbocycles.